The highest BCUT2D eigenvalue weighted by atomic mass is 16.5. The zero-order valence-corrected chi connectivity index (χ0v) is 11.4. The van der Waals surface area contributed by atoms with Gasteiger partial charge in [-0.05, 0) is 49.5 Å². The smallest absolute Gasteiger partial charge is 0.338 e. The fourth-order valence-electron chi connectivity index (χ4n) is 2.25. The van der Waals surface area contributed by atoms with Crippen molar-refractivity contribution in [1.82, 2.24) is 5.32 Å². The van der Waals surface area contributed by atoms with Crippen molar-refractivity contribution in [2.24, 2.45) is 0 Å². The lowest BCUT2D eigenvalue weighted by Gasteiger charge is -2.11. The van der Waals surface area contributed by atoms with Gasteiger partial charge in [0.25, 0.3) is 0 Å². The summed E-state index contributed by atoms with van der Waals surface area (Å²) in [4.78, 5) is 23.0. The average Bonchev–Trinajstić information content (AvgIpc) is 2.98. The number of carbonyl (C=O) groups excluding carboxylic acids is 2. The van der Waals surface area contributed by atoms with Gasteiger partial charge in [0.15, 0.2) is 0 Å². The van der Waals surface area contributed by atoms with Crippen LogP contribution in [0.4, 0.5) is 0 Å². The number of ether oxygens (including phenoxy) is 1. The van der Waals surface area contributed by atoms with Crippen LogP contribution in [0.15, 0.2) is 36.9 Å². The summed E-state index contributed by atoms with van der Waals surface area (Å²) >= 11 is 0. The van der Waals surface area contributed by atoms with Crippen LogP contribution >= 0.6 is 0 Å². The van der Waals surface area contributed by atoms with Gasteiger partial charge in [0.05, 0.1) is 5.56 Å². The van der Waals surface area contributed by atoms with Crippen LogP contribution < -0.4 is 5.32 Å². The van der Waals surface area contributed by atoms with Gasteiger partial charge in [0, 0.05) is 6.54 Å². The first-order valence-electron chi connectivity index (χ1n) is 6.89. The molecule has 0 unspecified atom stereocenters. The Hall–Kier alpha value is -2.10. The van der Waals surface area contributed by atoms with Crippen LogP contribution in [0.3, 0.4) is 0 Å². The largest absolute Gasteiger partial charge is 0.459 e. The molecule has 1 saturated carbocycles. The van der Waals surface area contributed by atoms with Crippen LogP contribution in [0.25, 0.3) is 0 Å². The Morgan fingerprint density at radius 2 is 1.90 bits per heavy atom. The summed E-state index contributed by atoms with van der Waals surface area (Å²) in [6.07, 6.45) is 5.52. The second-order valence-electron chi connectivity index (χ2n) is 4.93. The number of amides is 1. The number of esters is 1. The zero-order valence-electron chi connectivity index (χ0n) is 11.4. The molecular weight excluding hydrogens is 254 g/mol. The molecule has 106 valence electrons. The van der Waals surface area contributed by atoms with Gasteiger partial charge in [0.2, 0.25) is 5.91 Å². The SMILES string of the molecule is C=CC(=O)NCc1ccc(C(=O)OC2CCCC2)cc1. The minimum absolute atomic E-state index is 0.0778. The molecule has 0 heterocycles. The fourth-order valence-corrected chi connectivity index (χ4v) is 2.25. The quantitative estimate of drug-likeness (QED) is 0.662. The van der Waals surface area contributed by atoms with Crippen LogP contribution in [0, 0.1) is 0 Å². The molecule has 0 spiro atoms. The molecule has 0 aliphatic heterocycles. The molecule has 0 bridgehead atoms. The van der Waals surface area contributed by atoms with E-state index in [1.54, 1.807) is 12.1 Å². The third-order valence-corrected chi connectivity index (χ3v) is 3.42. The summed E-state index contributed by atoms with van der Waals surface area (Å²) < 4.78 is 5.43. The maximum Gasteiger partial charge on any atom is 0.338 e. The number of benzene rings is 1. The molecule has 4 heteroatoms. The summed E-state index contributed by atoms with van der Waals surface area (Å²) in [7, 11) is 0. The van der Waals surface area contributed by atoms with E-state index in [1.165, 1.54) is 6.08 Å². The van der Waals surface area contributed by atoms with E-state index >= 15 is 0 Å². The third-order valence-electron chi connectivity index (χ3n) is 3.42. The molecule has 1 aliphatic carbocycles. The molecule has 1 aromatic carbocycles. The monoisotopic (exact) mass is 273 g/mol. The van der Waals surface area contributed by atoms with Crippen molar-refractivity contribution in [3.05, 3.63) is 48.0 Å². The lowest BCUT2D eigenvalue weighted by atomic mass is 10.1. The summed E-state index contributed by atoms with van der Waals surface area (Å²) in [6, 6.07) is 7.09. The van der Waals surface area contributed by atoms with Crippen molar-refractivity contribution in [3.8, 4) is 0 Å². The van der Waals surface area contributed by atoms with Gasteiger partial charge in [-0.25, -0.2) is 4.79 Å². The van der Waals surface area contributed by atoms with Gasteiger partial charge < -0.3 is 10.1 Å². The standard InChI is InChI=1S/C16H19NO3/c1-2-15(18)17-11-12-7-9-13(10-8-12)16(19)20-14-5-3-4-6-14/h2,7-10,14H,1,3-6,11H2,(H,17,18). The zero-order chi connectivity index (χ0) is 14.4. The average molecular weight is 273 g/mol. The van der Waals surface area contributed by atoms with Crippen molar-refractivity contribution in [1.29, 1.82) is 0 Å². The van der Waals surface area contributed by atoms with Crippen molar-refractivity contribution in [3.63, 3.8) is 0 Å². The molecule has 1 amide bonds. The highest BCUT2D eigenvalue weighted by Crippen LogP contribution is 2.22. The molecule has 20 heavy (non-hydrogen) atoms. The first-order chi connectivity index (χ1) is 9.69. The lowest BCUT2D eigenvalue weighted by Crippen LogP contribution is -2.20. The van der Waals surface area contributed by atoms with Crippen LogP contribution in [-0.2, 0) is 16.1 Å². The predicted molar refractivity (Wildman–Crippen MR) is 76.2 cm³/mol. The second kappa shape index (κ2) is 6.89. The van der Waals surface area contributed by atoms with Crippen molar-refractivity contribution >= 4 is 11.9 Å². The number of nitrogens with one attached hydrogen (secondary N) is 1. The third kappa shape index (κ3) is 3.95. The number of carbonyl (C=O) groups is 2. The molecular formula is C16H19NO3. The Labute approximate surface area is 118 Å². The molecule has 1 N–H and O–H groups in total. The Bertz CT molecular complexity index is 487. The van der Waals surface area contributed by atoms with Gasteiger partial charge in [-0.1, -0.05) is 18.7 Å². The van der Waals surface area contributed by atoms with Crippen LogP contribution in [0.2, 0.25) is 0 Å². The Balaban J connectivity index is 1.88. The van der Waals surface area contributed by atoms with E-state index in [4.69, 9.17) is 4.74 Å². The van der Waals surface area contributed by atoms with Crippen molar-refractivity contribution < 1.29 is 14.3 Å². The van der Waals surface area contributed by atoms with Crippen LogP contribution in [-0.4, -0.2) is 18.0 Å². The molecule has 1 aliphatic rings. The summed E-state index contributed by atoms with van der Waals surface area (Å²) in [5.74, 6) is -0.478. The molecule has 0 radical (unpaired) electrons. The van der Waals surface area contributed by atoms with E-state index < -0.39 is 0 Å². The first-order valence-corrected chi connectivity index (χ1v) is 6.89. The maximum absolute atomic E-state index is 11.9. The van der Waals surface area contributed by atoms with Crippen LogP contribution in [0.1, 0.15) is 41.6 Å². The normalized spacial score (nSPS) is 14.8. The fraction of sp³-hybridized carbons (Fsp3) is 0.375. The van der Waals surface area contributed by atoms with Crippen LogP contribution in [0.5, 0.6) is 0 Å². The highest BCUT2D eigenvalue weighted by Gasteiger charge is 2.19. The van der Waals surface area contributed by atoms with E-state index in [9.17, 15) is 9.59 Å². The minimum atomic E-state index is -0.265. The highest BCUT2D eigenvalue weighted by molar-refractivity contribution is 5.89. The van der Waals surface area contributed by atoms with Gasteiger partial charge >= 0.3 is 5.97 Å². The van der Waals surface area contributed by atoms with Gasteiger partial charge in [0.1, 0.15) is 6.10 Å². The summed E-state index contributed by atoms with van der Waals surface area (Å²) in [5.41, 5.74) is 1.48. The van der Waals surface area contributed by atoms with E-state index in [0.29, 0.717) is 12.1 Å². The second-order valence-corrected chi connectivity index (χ2v) is 4.93. The van der Waals surface area contributed by atoms with Gasteiger partial charge in [-0.3, -0.25) is 4.79 Å². The number of rotatable bonds is 5. The summed E-state index contributed by atoms with van der Waals surface area (Å²) in [6.45, 7) is 3.81. The molecule has 4 nitrogen and oxygen atoms in total. The van der Waals surface area contributed by atoms with E-state index in [0.717, 1.165) is 31.2 Å². The molecule has 0 saturated heterocycles. The Kier molecular flexibility index (Phi) is 4.93. The number of hydrogen-bond donors (Lipinski definition) is 1. The minimum Gasteiger partial charge on any atom is -0.459 e. The molecule has 0 atom stereocenters. The molecule has 2 rings (SSSR count). The number of hydrogen-bond acceptors (Lipinski definition) is 3. The summed E-state index contributed by atoms with van der Waals surface area (Å²) in [5, 5.41) is 2.68. The molecule has 1 fully saturated rings. The first kappa shape index (κ1) is 14.3. The molecule has 1 aromatic rings. The van der Waals surface area contributed by atoms with E-state index in [-0.39, 0.29) is 18.0 Å². The Morgan fingerprint density at radius 1 is 1.25 bits per heavy atom. The van der Waals surface area contributed by atoms with E-state index in [1.807, 2.05) is 12.1 Å². The van der Waals surface area contributed by atoms with Gasteiger partial charge in [-0.2, -0.15) is 0 Å². The molecule has 0 aromatic heterocycles. The maximum atomic E-state index is 11.9. The predicted octanol–water partition coefficient (Wildman–Crippen LogP) is 2.59. The topological polar surface area (TPSA) is 55.4 Å². The van der Waals surface area contributed by atoms with E-state index in [2.05, 4.69) is 11.9 Å². The van der Waals surface area contributed by atoms with Gasteiger partial charge in [-0.15, -0.1) is 0 Å². The van der Waals surface area contributed by atoms with Crippen molar-refractivity contribution in [2.45, 2.75) is 38.3 Å². The lowest BCUT2D eigenvalue weighted by molar-refractivity contribution is -0.116. The Morgan fingerprint density at radius 3 is 2.50 bits per heavy atom. The van der Waals surface area contributed by atoms with Crippen molar-refractivity contribution in [2.75, 3.05) is 0 Å².